The predicted octanol–water partition coefficient (Wildman–Crippen LogP) is 6.49. The van der Waals surface area contributed by atoms with Crippen LogP contribution in [0.3, 0.4) is 0 Å². The molecule has 9 amide bonds. The fourth-order valence-electron chi connectivity index (χ4n) is 12.9. The van der Waals surface area contributed by atoms with E-state index in [2.05, 4.69) is 22.5 Å². The zero-order chi connectivity index (χ0) is 72.6. The number of hydrogen-bond acceptors (Lipinski definition) is 15. The maximum absolute atomic E-state index is 15.1. The van der Waals surface area contributed by atoms with E-state index in [0.29, 0.717) is 26.2 Å². The average Bonchev–Trinajstić information content (AvgIpc) is 0.755. The highest BCUT2D eigenvalue weighted by atomic mass is 16.7. The standard InChI is InChI=1S/C71H128N10O14/c1-25-28-31-48(14)63-62(65(86)73-53(26-2)68(89)74(18)19)81(95-63)71(92)60(47(12)13)79(24)70(91)56(40-45(8)9)77(22)69(90)55(39-44(6)7)76(21)66(87)50(16)72-64(85)49(15)41-57(82)54(38-43(4)5)75(20)67(88)52(46(10)11)42-58(83)61(78(23)59(84)27-3)51(17)94-35-30-29-32-80-33-36-93-37-34-80/h43-56,60-63H,25-42H2,1-24H3,(H,72,85)(H,73,86)/t48-,49-,50-,51-,52+,53+,54+,55+,56+,60+,61+,62+,63-/m1/s1. The number of hydrogen-bond donors (Lipinski definition) is 2. The van der Waals surface area contributed by atoms with Gasteiger partial charge < -0.3 is 49.5 Å². The first-order valence-corrected chi connectivity index (χ1v) is 35.4. The highest BCUT2D eigenvalue weighted by Crippen LogP contribution is 2.34. The molecule has 24 heteroatoms. The lowest BCUT2D eigenvalue weighted by atomic mass is 9.85. The Morgan fingerprint density at radius 3 is 1.58 bits per heavy atom. The summed E-state index contributed by atoms with van der Waals surface area (Å²) in [6, 6.07) is -8.38. The molecule has 2 N–H and O–H groups in total. The van der Waals surface area contributed by atoms with Gasteiger partial charge in [0, 0.05) is 100 Å². The van der Waals surface area contributed by atoms with Crippen molar-refractivity contribution in [1.29, 1.82) is 0 Å². The molecule has 0 aromatic carbocycles. The summed E-state index contributed by atoms with van der Waals surface area (Å²) in [6.07, 6.45) is 3.48. The van der Waals surface area contributed by atoms with Crippen molar-refractivity contribution in [2.24, 2.45) is 47.3 Å². The van der Waals surface area contributed by atoms with Crippen molar-refractivity contribution in [2.45, 2.75) is 255 Å². The molecule has 0 bridgehead atoms. The Kier molecular flexibility index (Phi) is 36.9. The maximum Gasteiger partial charge on any atom is 0.270 e. The minimum atomic E-state index is -1.18. The molecule has 0 radical (unpaired) electrons. The number of Topliss-reactive ketones (excluding diaryl/α,β-unsaturated/α-hetero) is 2. The highest BCUT2D eigenvalue weighted by molar-refractivity contribution is 5.99. The second kappa shape index (κ2) is 41.0. The van der Waals surface area contributed by atoms with Gasteiger partial charge in [-0.2, -0.15) is 0 Å². The Balaban J connectivity index is 2.37. The van der Waals surface area contributed by atoms with E-state index in [9.17, 15) is 43.2 Å². The van der Waals surface area contributed by atoms with E-state index < -0.39 is 120 Å². The van der Waals surface area contributed by atoms with Crippen molar-refractivity contribution in [3.63, 3.8) is 0 Å². The zero-order valence-electron chi connectivity index (χ0n) is 62.9. The normalized spacial score (nSPS) is 18.7. The van der Waals surface area contributed by atoms with Gasteiger partial charge in [-0.05, 0) is 101 Å². The van der Waals surface area contributed by atoms with Gasteiger partial charge in [-0.15, -0.1) is 0 Å². The number of unbranched alkanes of at least 4 members (excludes halogenated alkanes) is 2. The molecule has 0 aromatic rings. The second-order valence-electron chi connectivity index (χ2n) is 29.3. The number of amides is 9. The molecule has 2 heterocycles. The number of carbonyl (C=O) groups is 11. The Morgan fingerprint density at radius 2 is 1.08 bits per heavy atom. The molecule has 0 saturated carbocycles. The van der Waals surface area contributed by atoms with Gasteiger partial charge in [-0.25, -0.2) is 5.06 Å². The van der Waals surface area contributed by atoms with Gasteiger partial charge in [-0.3, -0.25) is 62.5 Å². The molecule has 546 valence electrons. The summed E-state index contributed by atoms with van der Waals surface area (Å²) in [5.41, 5.74) is 0. The van der Waals surface area contributed by atoms with Crippen LogP contribution in [0.4, 0.5) is 0 Å². The molecule has 2 saturated heterocycles. The van der Waals surface area contributed by atoms with Crippen molar-refractivity contribution in [1.82, 2.24) is 50.0 Å². The van der Waals surface area contributed by atoms with Gasteiger partial charge in [-0.1, -0.05) is 117 Å². The zero-order valence-corrected chi connectivity index (χ0v) is 62.9. The van der Waals surface area contributed by atoms with E-state index >= 15 is 9.59 Å². The first-order valence-electron chi connectivity index (χ1n) is 35.4. The van der Waals surface area contributed by atoms with Crippen LogP contribution in [0.2, 0.25) is 0 Å². The summed E-state index contributed by atoms with van der Waals surface area (Å²) in [4.78, 5) is 174. The average molecular weight is 1350 g/mol. The molecule has 0 spiro atoms. The lowest BCUT2D eigenvalue weighted by molar-refractivity contribution is -0.322. The quantitative estimate of drug-likeness (QED) is 0.0618. The molecule has 0 aliphatic carbocycles. The third kappa shape index (κ3) is 25.0. The van der Waals surface area contributed by atoms with E-state index in [1.807, 2.05) is 62.3 Å². The summed E-state index contributed by atoms with van der Waals surface area (Å²) >= 11 is 0. The minimum absolute atomic E-state index is 0.0545. The molecule has 2 rings (SSSR count). The van der Waals surface area contributed by atoms with E-state index in [4.69, 9.17) is 14.3 Å². The van der Waals surface area contributed by atoms with Crippen LogP contribution in [0.1, 0.15) is 195 Å². The van der Waals surface area contributed by atoms with Crippen LogP contribution in [-0.4, -0.2) is 253 Å². The van der Waals surface area contributed by atoms with Crippen molar-refractivity contribution in [3.05, 3.63) is 0 Å². The number of carbonyl (C=O) groups excluding carboxylic acids is 11. The number of nitrogens with one attached hydrogen (secondary N) is 2. The molecule has 0 aromatic heterocycles. The number of rotatable bonds is 42. The van der Waals surface area contributed by atoms with Crippen molar-refractivity contribution in [3.8, 4) is 0 Å². The topological polar surface area (TPSA) is 265 Å². The van der Waals surface area contributed by atoms with E-state index in [-0.39, 0.29) is 91.5 Å². The minimum Gasteiger partial charge on any atom is -0.379 e. The Morgan fingerprint density at radius 1 is 0.558 bits per heavy atom. The van der Waals surface area contributed by atoms with Gasteiger partial charge in [0.2, 0.25) is 47.3 Å². The SMILES string of the molecule is CCCC[C@@H](C)[C@H]1ON(C(=O)[C@H](C(C)C)N(C)C(=O)[C@H](CC(C)C)N(C)C(=O)[C@H](CC(C)C)N(C)C(=O)[C@@H](C)NC(=O)[C@H](C)CC(=O)[C@H](CC(C)C)N(C)C(=O)[C@@H](CC(=O)[C@H]([C@@H](C)OCCCCN2CCOCC2)N(C)C(=O)CC)C(C)C)[C@@H]1C(=O)N[C@@H](CC)C(=O)N(C)C. The maximum atomic E-state index is 15.1. The molecular formula is C71H128N10O14. The van der Waals surface area contributed by atoms with Crippen molar-refractivity contribution in [2.75, 3.05) is 88.8 Å². The van der Waals surface area contributed by atoms with Gasteiger partial charge in [0.05, 0.1) is 25.4 Å². The first kappa shape index (κ1) is 85.5. The van der Waals surface area contributed by atoms with E-state index in [0.717, 1.165) is 56.8 Å². The van der Waals surface area contributed by atoms with Crippen LogP contribution >= 0.6 is 0 Å². The summed E-state index contributed by atoms with van der Waals surface area (Å²) in [5.74, 6) is -8.19. The molecule has 95 heavy (non-hydrogen) atoms. The van der Waals surface area contributed by atoms with Crippen LogP contribution in [0.25, 0.3) is 0 Å². The monoisotopic (exact) mass is 1340 g/mol. The van der Waals surface area contributed by atoms with Crippen LogP contribution in [0, 0.1) is 47.3 Å². The third-order valence-electron chi connectivity index (χ3n) is 18.9. The fraction of sp³-hybridized carbons (Fsp3) is 0.845. The van der Waals surface area contributed by atoms with E-state index in [1.54, 1.807) is 69.7 Å². The number of likely N-dealkylation sites (N-methyl/N-ethyl adjacent to an activating group) is 6. The summed E-state index contributed by atoms with van der Waals surface area (Å²) < 4.78 is 11.7. The number of ether oxygens (including phenoxy) is 2. The predicted molar refractivity (Wildman–Crippen MR) is 368 cm³/mol. The van der Waals surface area contributed by atoms with Crippen molar-refractivity contribution < 1.29 is 67.1 Å². The molecular weight excluding hydrogens is 1220 g/mol. The van der Waals surface area contributed by atoms with Crippen LogP contribution in [-0.2, 0) is 67.1 Å². The highest BCUT2D eigenvalue weighted by Gasteiger charge is 2.54. The molecule has 2 aliphatic heterocycles. The van der Waals surface area contributed by atoms with Crippen LogP contribution < -0.4 is 10.6 Å². The smallest absolute Gasteiger partial charge is 0.270 e. The number of hydroxylamine groups is 2. The van der Waals surface area contributed by atoms with Gasteiger partial charge in [0.25, 0.3) is 5.91 Å². The Bertz CT molecular complexity index is 2510. The molecule has 24 nitrogen and oxygen atoms in total. The number of morpholine rings is 1. The van der Waals surface area contributed by atoms with Crippen LogP contribution in [0.5, 0.6) is 0 Å². The van der Waals surface area contributed by atoms with E-state index in [1.165, 1.54) is 57.5 Å². The lowest BCUT2D eigenvalue weighted by Gasteiger charge is -2.50. The number of nitrogens with zero attached hydrogens (tertiary/aromatic N) is 8. The second-order valence-corrected chi connectivity index (χ2v) is 29.3. The lowest BCUT2D eigenvalue weighted by Crippen LogP contribution is -2.71. The molecule has 2 fully saturated rings. The molecule has 13 atom stereocenters. The van der Waals surface area contributed by atoms with Crippen molar-refractivity contribution >= 4 is 64.7 Å². The largest absolute Gasteiger partial charge is 0.379 e. The van der Waals surface area contributed by atoms with Crippen LogP contribution in [0.15, 0.2) is 0 Å². The number of ketones is 2. The Labute approximate surface area is 571 Å². The third-order valence-corrected chi connectivity index (χ3v) is 18.9. The summed E-state index contributed by atoms with van der Waals surface area (Å²) in [6.45, 7) is 35.5. The van der Waals surface area contributed by atoms with Gasteiger partial charge in [0.1, 0.15) is 42.4 Å². The molecule has 2 aliphatic rings. The molecule has 0 unspecified atom stereocenters. The first-order chi connectivity index (χ1) is 44.3. The summed E-state index contributed by atoms with van der Waals surface area (Å²) in [5, 5.41) is 6.66. The summed E-state index contributed by atoms with van der Waals surface area (Å²) in [7, 11) is 10.8. The van der Waals surface area contributed by atoms with Gasteiger partial charge >= 0.3 is 0 Å². The van der Waals surface area contributed by atoms with Gasteiger partial charge in [0.15, 0.2) is 17.6 Å². The Hall–Kier alpha value is -5.59. The fourth-order valence-corrected chi connectivity index (χ4v) is 12.9.